The van der Waals surface area contributed by atoms with Gasteiger partial charge < -0.3 is 10.6 Å². The maximum Gasteiger partial charge on any atom is 0.241 e. The Hall–Kier alpha value is -1.38. The molecule has 4 nitrogen and oxygen atoms in total. The van der Waals surface area contributed by atoms with Gasteiger partial charge in [0, 0.05) is 4.47 Å². The molecule has 1 aromatic rings. The van der Waals surface area contributed by atoms with Crippen molar-refractivity contribution in [1.82, 2.24) is 5.32 Å². The molecule has 0 spiro atoms. The molecule has 5 heteroatoms. The summed E-state index contributed by atoms with van der Waals surface area (Å²) in [7, 11) is 0. The lowest BCUT2D eigenvalue weighted by Crippen LogP contribution is -2.46. The highest BCUT2D eigenvalue weighted by molar-refractivity contribution is 9.10. The van der Waals surface area contributed by atoms with Crippen LogP contribution < -0.4 is 10.6 Å². The molecular weight excluding hydrogens is 318 g/mol. The van der Waals surface area contributed by atoms with Gasteiger partial charge >= 0.3 is 0 Å². The largest absolute Gasteiger partial charge is 0.324 e. The molecule has 2 atom stereocenters. The predicted octanol–water partition coefficient (Wildman–Crippen LogP) is 3.04. The molecule has 1 saturated heterocycles. The number of nitriles is 1. The molecule has 1 aromatic carbocycles. The molecule has 1 heterocycles. The van der Waals surface area contributed by atoms with E-state index >= 15 is 0 Å². The highest BCUT2D eigenvalue weighted by Crippen LogP contribution is 2.25. The SMILES string of the molecule is CCC1CCNC(C(=O)Nc2ccc(C#N)cc2Br)C1. The Bertz CT molecular complexity index is 538. The van der Waals surface area contributed by atoms with E-state index in [-0.39, 0.29) is 11.9 Å². The molecule has 0 radical (unpaired) electrons. The minimum atomic E-state index is -0.128. The van der Waals surface area contributed by atoms with Gasteiger partial charge in [0.25, 0.3) is 0 Å². The van der Waals surface area contributed by atoms with Gasteiger partial charge in [-0.3, -0.25) is 4.79 Å². The van der Waals surface area contributed by atoms with Gasteiger partial charge in [0.05, 0.1) is 23.4 Å². The number of benzene rings is 1. The van der Waals surface area contributed by atoms with Crippen LogP contribution >= 0.6 is 15.9 Å². The van der Waals surface area contributed by atoms with Crippen LogP contribution in [0.4, 0.5) is 5.69 Å². The number of rotatable bonds is 3. The first-order valence-electron chi connectivity index (χ1n) is 6.88. The monoisotopic (exact) mass is 335 g/mol. The normalized spacial score (nSPS) is 22.1. The second-order valence-corrected chi connectivity index (χ2v) is 5.96. The third-order valence-electron chi connectivity index (χ3n) is 3.76. The van der Waals surface area contributed by atoms with E-state index in [1.165, 1.54) is 0 Å². The molecule has 0 aromatic heterocycles. The molecule has 1 amide bonds. The highest BCUT2D eigenvalue weighted by Gasteiger charge is 2.26. The Kier molecular flexibility index (Phi) is 5.16. The summed E-state index contributed by atoms with van der Waals surface area (Å²) in [6.07, 6.45) is 3.14. The minimum Gasteiger partial charge on any atom is -0.324 e. The van der Waals surface area contributed by atoms with Gasteiger partial charge in [-0.25, -0.2) is 0 Å². The zero-order valence-electron chi connectivity index (χ0n) is 11.4. The van der Waals surface area contributed by atoms with Crippen molar-refractivity contribution in [2.24, 2.45) is 5.92 Å². The average Bonchev–Trinajstić information content (AvgIpc) is 2.49. The molecule has 0 saturated carbocycles. The van der Waals surface area contributed by atoms with E-state index in [0.717, 1.165) is 30.3 Å². The van der Waals surface area contributed by atoms with E-state index in [9.17, 15) is 4.79 Å². The number of hydrogen-bond acceptors (Lipinski definition) is 3. The van der Waals surface area contributed by atoms with Crippen LogP contribution in [0.2, 0.25) is 0 Å². The molecule has 106 valence electrons. The zero-order chi connectivity index (χ0) is 14.5. The lowest BCUT2D eigenvalue weighted by molar-refractivity contribution is -0.119. The van der Waals surface area contributed by atoms with Gasteiger partial charge in [0.1, 0.15) is 0 Å². The van der Waals surface area contributed by atoms with Crippen molar-refractivity contribution in [1.29, 1.82) is 5.26 Å². The van der Waals surface area contributed by atoms with Crippen molar-refractivity contribution < 1.29 is 4.79 Å². The number of hydrogen-bond donors (Lipinski definition) is 2. The molecule has 0 bridgehead atoms. The van der Waals surface area contributed by atoms with E-state index in [1.54, 1.807) is 18.2 Å². The molecule has 2 N–H and O–H groups in total. The Morgan fingerprint density at radius 3 is 3.05 bits per heavy atom. The molecule has 2 unspecified atom stereocenters. The number of carbonyl (C=O) groups excluding carboxylic acids is 1. The fraction of sp³-hybridized carbons (Fsp3) is 0.467. The van der Waals surface area contributed by atoms with Crippen molar-refractivity contribution in [3.8, 4) is 6.07 Å². The summed E-state index contributed by atoms with van der Waals surface area (Å²) >= 11 is 3.38. The Labute approximate surface area is 127 Å². The van der Waals surface area contributed by atoms with Crippen LogP contribution in [0.15, 0.2) is 22.7 Å². The topological polar surface area (TPSA) is 64.9 Å². The van der Waals surface area contributed by atoms with Gasteiger partial charge in [0.15, 0.2) is 0 Å². The lowest BCUT2D eigenvalue weighted by atomic mass is 9.90. The summed E-state index contributed by atoms with van der Waals surface area (Å²) in [6, 6.07) is 7.10. The van der Waals surface area contributed by atoms with Crippen LogP contribution in [-0.2, 0) is 4.79 Å². The summed E-state index contributed by atoms with van der Waals surface area (Å²) in [5.74, 6) is 0.616. The van der Waals surface area contributed by atoms with E-state index < -0.39 is 0 Å². The first-order valence-corrected chi connectivity index (χ1v) is 7.67. The number of nitrogens with zero attached hydrogens (tertiary/aromatic N) is 1. The number of carbonyl (C=O) groups is 1. The first kappa shape index (κ1) is 15.0. The van der Waals surface area contributed by atoms with E-state index in [4.69, 9.17) is 5.26 Å². The molecule has 2 rings (SSSR count). The van der Waals surface area contributed by atoms with Crippen molar-refractivity contribution in [2.45, 2.75) is 32.2 Å². The van der Waals surface area contributed by atoms with Gasteiger partial charge in [-0.2, -0.15) is 5.26 Å². The van der Waals surface area contributed by atoms with Gasteiger partial charge in [-0.1, -0.05) is 13.3 Å². The van der Waals surface area contributed by atoms with E-state index in [2.05, 4.69) is 39.6 Å². The molecule has 20 heavy (non-hydrogen) atoms. The summed E-state index contributed by atoms with van der Waals surface area (Å²) in [5, 5.41) is 15.0. The van der Waals surface area contributed by atoms with Crippen LogP contribution in [0.1, 0.15) is 31.7 Å². The maximum absolute atomic E-state index is 12.3. The molecule has 1 aliphatic rings. The van der Waals surface area contributed by atoms with Gasteiger partial charge in [-0.15, -0.1) is 0 Å². The van der Waals surface area contributed by atoms with E-state index in [0.29, 0.717) is 17.2 Å². The molecule has 1 aliphatic heterocycles. The van der Waals surface area contributed by atoms with Gasteiger partial charge in [0.2, 0.25) is 5.91 Å². The predicted molar refractivity (Wildman–Crippen MR) is 82.3 cm³/mol. The fourth-order valence-electron chi connectivity index (χ4n) is 2.47. The summed E-state index contributed by atoms with van der Waals surface area (Å²) in [4.78, 5) is 12.3. The Morgan fingerprint density at radius 1 is 1.60 bits per heavy atom. The molecule has 0 aliphatic carbocycles. The van der Waals surface area contributed by atoms with Crippen molar-refractivity contribution >= 4 is 27.5 Å². The fourth-order valence-corrected chi connectivity index (χ4v) is 2.95. The van der Waals surface area contributed by atoms with Crippen LogP contribution in [-0.4, -0.2) is 18.5 Å². The lowest BCUT2D eigenvalue weighted by Gasteiger charge is -2.28. The van der Waals surface area contributed by atoms with Crippen molar-refractivity contribution in [3.05, 3.63) is 28.2 Å². The Morgan fingerprint density at radius 2 is 2.40 bits per heavy atom. The third-order valence-corrected chi connectivity index (χ3v) is 4.42. The first-order chi connectivity index (χ1) is 9.63. The summed E-state index contributed by atoms with van der Waals surface area (Å²) in [6.45, 7) is 3.06. The van der Waals surface area contributed by atoms with Crippen LogP contribution in [0.5, 0.6) is 0 Å². The summed E-state index contributed by atoms with van der Waals surface area (Å²) in [5.41, 5.74) is 1.27. The quantitative estimate of drug-likeness (QED) is 0.892. The van der Waals surface area contributed by atoms with Crippen LogP contribution in [0.3, 0.4) is 0 Å². The zero-order valence-corrected chi connectivity index (χ0v) is 13.0. The minimum absolute atomic E-state index is 0.00597. The number of amides is 1. The standard InChI is InChI=1S/C15H18BrN3O/c1-2-10-5-6-18-14(8-10)15(20)19-13-4-3-11(9-17)7-12(13)16/h3-4,7,10,14,18H,2,5-6,8H2,1H3,(H,19,20). The highest BCUT2D eigenvalue weighted by atomic mass is 79.9. The number of halogens is 1. The van der Waals surface area contributed by atoms with Gasteiger partial charge in [-0.05, 0) is 59.4 Å². The molecule has 1 fully saturated rings. The number of piperidine rings is 1. The Balaban J connectivity index is 2.02. The van der Waals surface area contributed by atoms with Crippen molar-refractivity contribution in [3.63, 3.8) is 0 Å². The second-order valence-electron chi connectivity index (χ2n) is 5.10. The average molecular weight is 336 g/mol. The molecular formula is C15H18BrN3O. The summed E-state index contributed by atoms with van der Waals surface area (Å²) < 4.78 is 0.729. The van der Waals surface area contributed by atoms with E-state index in [1.807, 2.05) is 0 Å². The maximum atomic E-state index is 12.3. The third kappa shape index (κ3) is 3.59. The van der Waals surface area contributed by atoms with Crippen LogP contribution in [0, 0.1) is 17.2 Å². The van der Waals surface area contributed by atoms with Crippen molar-refractivity contribution in [2.75, 3.05) is 11.9 Å². The number of anilines is 1. The smallest absolute Gasteiger partial charge is 0.241 e. The van der Waals surface area contributed by atoms with Crippen LogP contribution in [0.25, 0.3) is 0 Å². The number of nitrogens with one attached hydrogen (secondary N) is 2. The second kappa shape index (κ2) is 6.87.